The van der Waals surface area contributed by atoms with E-state index in [0.717, 1.165) is 29.0 Å². The number of aryl methyl sites for hydroxylation is 2. The zero-order valence-electron chi connectivity index (χ0n) is 16.7. The summed E-state index contributed by atoms with van der Waals surface area (Å²) >= 11 is 1.41. The van der Waals surface area contributed by atoms with E-state index in [-0.39, 0.29) is 22.2 Å². The van der Waals surface area contributed by atoms with E-state index in [0.29, 0.717) is 10.6 Å². The van der Waals surface area contributed by atoms with E-state index >= 15 is 0 Å². The second-order valence-corrected chi connectivity index (χ2v) is 9.41. The van der Waals surface area contributed by atoms with Gasteiger partial charge in [-0.25, -0.2) is 12.8 Å². The summed E-state index contributed by atoms with van der Waals surface area (Å²) in [5.41, 5.74) is 1.67. The number of sulfonamides is 1. The molecule has 1 amide bonds. The Labute approximate surface area is 178 Å². The number of benzene rings is 2. The van der Waals surface area contributed by atoms with E-state index in [2.05, 4.69) is 10.0 Å². The lowest BCUT2D eigenvalue weighted by atomic mass is 10.2. The van der Waals surface area contributed by atoms with Crippen molar-refractivity contribution >= 4 is 38.6 Å². The van der Waals surface area contributed by atoms with Gasteiger partial charge in [-0.15, -0.1) is 11.3 Å². The summed E-state index contributed by atoms with van der Waals surface area (Å²) in [5, 5.41) is 2.78. The van der Waals surface area contributed by atoms with Gasteiger partial charge in [0.2, 0.25) is 0 Å². The van der Waals surface area contributed by atoms with Crippen molar-refractivity contribution in [3.63, 3.8) is 0 Å². The Bertz CT molecular complexity index is 1170. The van der Waals surface area contributed by atoms with Crippen molar-refractivity contribution in [2.24, 2.45) is 0 Å². The zero-order chi connectivity index (χ0) is 21.9. The molecular formula is C21H21FN2O4S2. The maximum Gasteiger partial charge on any atom is 0.265 e. The van der Waals surface area contributed by atoms with Crippen LogP contribution in [-0.4, -0.2) is 21.4 Å². The summed E-state index contributed by atoms with van der Waals surface area (Å²) in [6.45, 7) is 4.00. The van der Waals surface area contributed by atoms with Crippen LogP contribution >= 0.6 is 11.3 Å². The van der Waals surface area contributed by atoms with E-state index in [1.54, 1.807) is 12.1 Å². The smallest absolute Gasteiger partial charge is 0.265 e. The first kappa shape index (κ1) is 21.8. The summed E-state index contributed by atoms with van der Waals surface area (Å²) in [6, 6.07) is 11.0. The number of thiophene rings is 1. The number of amides is 1. The van der Waals surface area contributed by atoms with Gasteiger partial charge in [0.25, 0.3) is 15.9 Å². The monoisotopic (exact) mass is 448 g/mol. The Balaban J connectivity index is 1.86. The molecule has 30 heavy (non-hydrogen) atoms. The molecule has 0 aliphatic heterocycles. The SMILES string of the molecule is CCc1cc(C(=O)Nc2ccc(OC)c(NS(=O)(=O)c3ccc(F)cc3)c2)sc1C. The molecule has 0 atom stereocenters. The summed E-state index contributed by atoms with van der Waals surface area (Å²) in [4.78, 5) is 14.2. The van der Waals surface area contributed by atoms with Gasteiger partial charge in [-0.2, -0.15) is 0 Å². The topological polar surface area (TPSA) is 84.5 Å². The van der Waals surface area contributed by atoms with Gasteiger partial charge in [0.1, 0.15) is 11.6 Å². The number of rotatable bonds is 7. The first-order chi connectivity index (χ1) is 14.2. The number of carbonyl (C=O) groups excluding carboxylic acids is 1. The third-order valence-electron chi connectivity index (χ3n) is 4.45. The molecule has 0 unspecified atom stereocenters. The Hall–Kier alpha value is -2.91. The minimum atomic E-state index is -3.97. The molecule has 2 N–H and O–H groups in total. The van der Waals surface area contributed by atoms with Crippen LogP contribution in [-0.2, 0) is 16.4 Å². The molecule has 158 valence electrons. The molecule has 1 heterocycles. The lowest BCUT2D eigenvalue weighted by Crippen LogP contribution is -2.15. The van der Waals surface area contributed by atoms with Crippen LogP contribution in [0.3, 0.4) is 0 Å². The van der Waals surface area contributed by atoms with Crippen LogP contribution < -0.4 is 14.8 Å². The summed E-state index contributed by atoms with van der Waals surface area (Å²) < 4.78 is 46.0. The van der Waals surface area contributed by atoms with E-state index in [1.165, 1.54) is 36.6 Å². The Kier molecular flexibility index (Phi) is 6.42. The maximum atomic E-state index is 13.1. The third kappa shape index (κ3) is 4.80. The molecule has 0 saturated heterocycles. The van der Waals surface area contributed by atoms with Crippen molar-refractivity contribution in [3.05, 3.63) is 69.7 Å². The molecule has 2 aromatic carbocycles. The molecular weight excluding hydrogens is 427 g/mol. The molecule has 9 heteroatoms. The summed E-state index contributed by atoms with van der Waals surface area (Å²) in [7, 11) is -2.57. The molecule has 3 rings (SSSR count). The van der Waals surface area contributed by atoms with Gasteiger partial charge in [-0.3, -0.25) is 9.52 Å². The quantitative estimate of drug-likeness (QED) is 0.543. The van der Waals surface area contributed by atoms with Gasteiger partial charge in [0, 0.05) is 10.6 Å². The number of hydrogen-bond acceptors (Lipinski definition) is 5. The Morgan fingerprint density at radius 3 is 2.43 bits per heavy atom. The summed E-state index contributed by atoms with van der Waals surface area (Å²) in [5.74, 6) is -0.537. The first-order valence-electron chi connectivity index (χ1n) is 9.10. The average Bonchev–Trinajstić information content (AvgIpc) is 3.09. The lowest BCUT2D eigenvalue weighted by Gasteiger charge is -2.14. The Morgan fingerprint density at radius 2 is 1.83 bits per heavy atom. The molecule has 0 bridgehead atoms. The third-order valence-corrected chi connectivity index (χ3v) is 6.92. The highest BCUT2D eigenvalue weighted by atomic mass is 32.2. The van der Waals surface area contributed by atoms with Gasteiger partial charge < -0.3 is 10.1 Å². The molecule has 0 spiro atoms. The first-order valence-corrected chi connectivity index (χ1v) is 11.4. The van der Waals surface area contributed by atoms with E-state index in [4.69, 9.17) is 4.74 Å². The van der Waals surface area contributed by atoms with Crippen molar-refractivity contribution in [3.8, 4) is 5.75 Å². The second kappa shape index (κ2) is 8.85. The second-order valence-electron chi connectivity index (χ2n) is 6.47. The maximum absolute atomic E-state index is 13.1. The normalized spacial score (nSPS) is 11.2. The number of halogens is 1. The van der Waals surface area contributed by atoms with E-state index < -0.39 is 15.8 Å². The van der Waals surface area contributed by atoms with Crippen LogP contribution in [0.15, 0.2) is 53.4 Å². The number of ether oxygens (including phenoxy) is 1. The van der Waals surface area contributed by atoms with Gasteiger partial charge in [-0.1, -0.05) is 6.92 Å². The average molecular weight is 449 g/mol. The van der Waals surface area contributed by atoms with Crippen molar-refractivity contribution in [1.29, 1.82) is 0 Å². The van der Waals surface area contributed by atoms with Gasteiger partial charge in [0.15, 0.2) is 0 Å². The van der Waals surface area contributed by atoms with Crippen LogP contribution in [0.1, 0.15) is 27.0 Å². The molecule has 0 fully saturated rings. The zero-order valence-corrected chi connectivity index (χ0v) is 18.3. The lowest BCUT2D eigenvalue weighted by molar-refractivity contribution is 0.103. The predicted octanol–water partition coefficient (Wildman–Crippen LogP) is 4.82. The molecule has 3 aromatic rings. The minimum absolute atomic E-state index is 0.0958. The Morgan fingerprint density at radius 1 is 1.13 bits per heavy atom. The van der Waals surface area contributed by atoms with Crippen LogP contribution in [0.5, 0.6) is 5.75 Å². The fraction of sp³-hybridized carbons (Fsp3) is 0.190. The van der Waals surface area contributed by atoms with E-state index in [1.807, 2.05) is 19.9 Å². The van der Waals surface area contributed by atoms with E-state index in [9.17, 15) is 17.6 Å². The highest BCUT2D eigenvalue weighted by molar-refractivity contribution is 7.92. The molecule has 6 nitrogen and oxygen atoms in total. The number of carbonyl (C=O) groups is 1. The molecule has 1 aromatic heterocycles. The summed E-state index contributed by atoms with van der Waals surface area (Å²) in [6.07, 6.45) is 0.841. The molecule has 0 radical (unpaired) electrons. The number of hydrogen-bond donors (Lipinski definition) is 2. The van der Waals surface area contributed by atoms with Crippen LogP contribution in [0.2, 0.25) is 0 Å². The molecule has 0 saturated carbocycles. The fourth-order valence-corrected chi connectivity index (χ4v) is 4.93. The van der Waals surface area contributed by atoms with Crippen molar-refractivity contribution < 1.29 is 22.3 Å². The van der Waals surface area contributed by atoms with Crippen molar-refractivity contribution in [2.75, 3.05) is 17.1 Å². The van der Waals surface area contributed by atoms with Gasteiger partial charge in [-0.05, 0) is 67.4 Å². The highest BCUT2D eigenvalue weighted by Crippen LogP contribution is 2.31. The molecule has 0 aliphatic rings. The molecule has 0 aliphatic carbocycles. The number of anilines is 2. The van der Waals surface area contributed by atoms with Gasteiger partial charge in [0.05, 0.1) is 22.6 Å². The standard InChI is InChI=1S/C21H21FN2O4S2/c1-4-14-11-20(29-13(14)2)21(25)23-16-7-10-19(28-3)18(12-16)24-30(26,27)17-8-5-15(22)6-9-17/h5-12,24H,4H2,1-3H3,(H,23,25). The largest absolute Gasteiger partial charge is 0.495 e. The van der Waals surface area contributed by atoms with Crippen LogP contribution in [0.25, 0.3) is 0 Å². The predicted molar refractivity (Wildman–Crippen MR) is 117 cm³/mol. The van der Waals surface area contributed by atoms with Crippen molar-refractivity contribution in [2.45, 2.75) is 25.2 Å². The van der Waals surface area contributed by atoms with Crippen LogP contribution in [0.4, 0.5) is 15.8 Å². The van der Waals surface area contributed by atoms with Crippen molar-refractivity contribution in [1.82, 2.24) is 0 Å². The number of nitrogens with one attached hydrogen (secondary N) is 2. The fourth-order valence-electron chi connectivity index (χ4n) is 2.86. The van der Waals surface area contributed by atoms with Gasteiger partial charge >= 0.3 is 0 Å². The van der Waals surface area contributed by atoms with Crippen LogP contribution in [0, 0.1) is 12.7 Å². The highest BCUT2D eigenvalue weighted by Gasteiger charge is 2.18. The minimum Gasteiger partial charge on any atom is -0.495 e. The number of methoxy groups -OCH3 is 1.